The maximum atomic E-state index is 13.0. The third-order valence-corrected chi connectivity index (χ3v) is 6.01. The number of benzene rings is 2. The highest BCUT2D eigenvalue weighted by Gasteiger charge is 2.35. The fraction of sp³-hybridized carbons (Fsp3) is 0.304. The van der Waals surface area contributed by atoms with Crippen molar-refractivity contribution in [3.8, 4) is 0 Å². The number of amides is 4. The molecular formula is C23H23Cl2N3O4. The Hall–Kier alpha value is -2.90. The van der Waals surface area contributed by atoms with Crippen LogP contribution in [0.3, 0.4) is 0 Å². The third-order valence-electron chi connectivity index (χ3n) is 5.42. The number of likely N-dealkylation sites (N-methyl/N-ethyl adjacent to an activating group) is 1. The highest BCUT2D eigenvalue weighted by Crippen LogP contribution is 2.25. The molecule has 7 nitrogen and oxygen atoms in total. The summed E-state index contributed by atoms with van der Waals surface area (Å²) in [5, 5.41) is 3.41. The number of rotatable bonds is 8. The van der Waals surface area contributed by atoms with E-state index in [2.05, 4.69) is 5.32 Å². The molecule has 0 aromatic heterocycles. The second kappa shape index (κ2) is 10.1. The maximum absolute atomic E-state index is 13.0. The molecule has 9 heteroatoms. The third kappa shape index (κ3) is 4.95. The van der Waals surface area contributed by atoms with Gasteiger partial charge in [-0.25, -0.2) is 0 Å². The molecule has 0 bridgehead atoms. The topological polar surface area (TPSA) is 86.8 Å². The lowest BCUT2D eigenvalue weighted by atomic mass is 10.1. The molecule has 1 N–H and O–H groups in total. The first-order valence-electron chi connectivity index (χ1n) is 10.1. The van der Waals surface area contributed by atoms with Gasteiger partial charge in [0.2, 0.25) is 11.8 Å². The zero-order chi connectivity index (χ0) is 23.4. The molecule has 0 spiro atoms. The molecule has 1 aliphatic rings. The molecule has 3 rings (SSSR count). The molecule has 2 aromatic rings. The van der Waals surface area contributed by atoms with Gasteiger partial charge < -0.3 is 10.2 Å². The van der Waals surface area contributed by atoms with Gasteiger partial charge in [0.15, 0.2) is 0 Å². The molecular weight excluding hydrogens is 453 g/mol. The second-order valence-electron chi connectivity index (χ2n) is 7.46. The number of fused-ring (bicyclic) bond motifs is 1. The monoisotopic (exact) mass is 475 g/mol. The molecule has 0 saturated heterocycles. The Morgan fingerprint density at radius 2 is 1.69 bits per heavy atom. The fourth-order valence-corrected chi connectivity index (χ4v) is 4.07. The lowest BCUT2D eigenvalue weighted by Crippen LogP contribution is -2.46. The van der Waals surface area contributed by atoms with Crippen molar-refractivity contribution in [2.24, 2.45) is 0 Å². The van der Waals surface area contributed by atoms with Crippen LogP contribution in [0, 0.1) is 0 Å². The molecule has 0 aliphatic carbocycles. The van der Waals surface area contributed by atoms with E-state index in [1.54, 1.807) is 49.4 Å². The largest absolute Gasteiger partial charge is 0.357 e. The van der Waals surface area contributed by atoms with Crippen molar-refractivity contribution in [3.63, 3.8) is 0 Å². The Morgan fingerprint density at radius 1 is 1.06 bits per heavy atom. The second-order valence-corrected chi connectivity index (χ2v) is 8.30. The predicted molar refractivity (Wildman–Crippen MR) is 122 cm³/mol. The summed E-state index contributed by atoms with van der Waals surface area (Å²) in [4.78, 5) is 52.8. The van der Waals surface area contributed by atoms with Crippen molar-refractivity contribution in [2.45, 2.75) is 32.4 Å². The number of halogens is 2. The number of hydrogen-bond donors (Lipinski definition) is 1. The van der Waals surface area contributed by atoms with E-state index >= 15 is 0 Å². The summed E-state index contributed by atoms with van der Waals surface area (Å²) in [7, 11) is 1.50. The quantitative estimate of drug-likeness (QED) is 0.591. The van der Waals surface area contributed by atoms with Crippen LogP contribution in [0.4, 0.5) is 0 Å². The summed E-state index contributed by atoms with van der Waals surface area (Å²) >= 11 is 12.2. The Morgan fingerprint density at radius 3 is 2.25 bits per heavy atom. The van der Waals surface area contributed by atoms with Crippen LogP contribution in [0.25, 0.3) is 0 Å². The minimum absolute atomic E-state index is 0.0555. The van der Waals surface area contributed by atoms with Crippen molar-refractivity contribution < 1.29 is 19.2 Å². The predicted octanol–water partition coefficient (Wildman–Crippen LogP) is 3.53. The number of nitrogens with zero attached hydrogens (tertiary/aromatic N) is 2. The number of nitrogens with one attached hydrogen (secondary N) is 1. The van der Waals surface area contributed by atoms with Crippen molar-refractivity contribution in [1.82, 2.24) is 15.1 Å². The van der Waals surface area contributed by atoms with E-state index in [-0.39, 0.29) is 49.6 Å². The normalized spacial score (nSPS) is 13.7. The van der Waals surface area contributed by atoms with Crippen LogP contribution in [-0.2, 0) is 16.1 Å². The van der Waals surface area contributed by atoms with Crippen LogP contribution in [0.2, 0.25) is 10.0 Å². The smallest absolute Gasteiger partial charge is 0.261 e. The van der Waals surface area contributed by atoms with Crippen molar-refractivity contribution in [3.05, 3.63) is 69.2 Å². The summed E-state index contributed by atoms with van der Waals surface area (Å²) in [6, 6.07) is 10.9. The molecule has 0 unspecified atom stereocenters. The maximum Gasteiger partial charge on any atom is 0.261 e. The van der Waals surface area contributed by atoms with E-state index < -0.39 is 6.04 Å². The Kier molecular flexibility index (Phi) is 7.53. The fourth-order valence-electron chi connectivity index (χ4n) is 3.60. The van der Waals surface area contributed by atoms with Crippen LogP contribution in [-0.4, -0.2) is 53.1 Å². The molecule has 32 heavy (non-hydrogen) atoms. The van der Waals surface area contributed by atoms with Gasteiger partial charge in [0.1, 0.15) is 6.04 Å². The highest BCUT2D eigenvalue weighted by molar-refractivity contribution is 6.35. The van der Waals surface area contributed by atoms with E-state index in [0.29, 0.717) is 26.7 Å². The SMILES string of the molecule is CNC(=O)[C@@H](C)N(Cc1ccc(Cl)cc1Cl)C(=O)CCCN1C(=O)c2ccccc2C1=O. The molecule has 1 aliphatic heterocycles. The first kappa shape index (κ1) is 23.8. The number of carbonyl (C=O) groups is 4. The lowest BCUT2D eigenvalue weighted by molar-refractivity contribution is -0.140. The summed E-state index contributed by atoms with van der Waals surface area (Å²) in [5.74, 6) is -1.32. The molecule has 0 radical (unpaired) electrons. The molecule has 168 valence electrons. The van der Waals surface area contributed by atoms with E-state index in [9.17, 15) is 19.2 Å². The van der Waals surface area contributed by atoms with Gasteiger partial charge in [0.05, 0.1) is 11.1 Å². The van der Waals surface area contributed by atoms with E-state index in [0.717, 1.165) is 4.90 Å². The van der Waals surface area contributed by atoms with Gasteiger partial charge in [-0.05, 0) is 43.2 Å². The number of imide groups is 1. The minimum atomic E-state index is -0.737. The number of carbonyl (C=O) groups excluding carboxylic acids is 4. The zero-order valence-electron chi connectivity index (χ0n) is 17.7. The van der Waals surface area contributed by atoms with E-state index in [1.807, 2.05) is 0 Å². The summed E-state index contributed by atoms with van der Waals surface area (Å²) in [5.41, 5.74) is 1.40. The van der Waals surface area contributed by atoms with Crippen LogP contribution in [0.15, 0.2) is 42.5 Å². The average molecular weight is 476 g/mol. The van der Waals surface area contributed by atoms with E-state index in [4.69, 9.17) is 23.2 Å². The molecule has 0 fully saturated rings. The Bertz CT molecular complexity index is 1040. The van der Waals surface area contributed by atoms with Gasteiger partial charge >= 0.3 is 0 Å². The number of hydrogen-bond acceptors (Lipinski definition) is 4. The van der Waals surface area contributed by atoms with E-state index in [1.165, 1.54) is 11.9 Å². The summed E-state index contributed by atoms with van der Waals surface area (Å²) in [6.45, 7) is 1.86. The summed E-state index contributed by atoms with van der Waals surface area (Å²) in [6.07, 6.45) is 0.329. The highest BCUT2D eigenvalue weighted by atomic mass is 35.5. The standard InChI is InChI=1S/C23H23Cl2N3O4/c1-14(21(30)26-2)28(13-15-9-10-16(24)12-19(15)25)20(29)8-5-11-27-22(31)17-6-3-4-7-18(17)23(27)32/h3-4,6-7,9-10,12,14H,5,8,11,13H2,1-2H3,(H,26,30)/t14-/m1/s1. The van der Waals surface area contributed by atoms with Gasteiger partial charge in [-0.2, -0.15) is 0 Å². The van der Waals surface area contributed by atoms with Gasteiger partial charge in [0, 0.05) is 36.6 Å². The molecule has 2 aromatic carbocycles. The van der Waals surface area contributed by atoms with Crippen LogP contribution in [0.5, 0.6) is 0 Å². The van der Waals surface area contributed by atoms with Gasteiger partial charge in [-0.15, -0.1) is 0 Å². The van der Waals surface area contributed by atoms with Crippen LogP contribution >= 0.6 is 23.2 Å². The van der Waals surface area contributed by atoms with Crippen molar-refractivity contribution in [2.75, 3.05) is 13.6 Å². The zero-order valence-corrected chi connectivity index (χ0v) is 19.2. The molecule has 1 heterocycles. The molecule has 4 amide bonds. The summed E-state index contributed by atoms with van der Waals surface area (Å²) < 4.78 is 0. The first-order chi connectivity index (χ1) is 15.2. The average Bonchev–Trinajstić information content (AvgIpc) is 3.02. The Balaban J connectivity index is 1.68. The van der Waals surface area contributed by atoms with Gasteiger partial charge in [-0.1, -0.05) is 41.4 Å². The van der Waals surface area contributed by atoms with Gasteiger partial charge in [-0.3, -0.25) is 24.1 Å². The van der Waals surface area contributed by atoms with Crippen molar-refractivity contribution in [1.29, 1.82) is 0 Å². The minimum Gasteiger partial charge on any atom is -0.357 e. The molecule has 0 saturated carbocycles. The molecule has 1 atom stereocenters. The van der Waals surface area contributed by atoms with Crippen LogP contribution < -0.4 is 5.32 Å². The van der Waals surface area contributed by atoms with Gasteiger partial charge in [0.25, 0.3) is 11.8 Å². The van der Waals surface area contributed by atoms with Crippen LogP contribution in [0.1, 0.15) is 46.0 Å². The van der Waals surface area contributed by atoms with Crippen molar-refractivity contribution >= 4 is 46.8 Å². The lowest BCUT2D eigenvalue weighted by Gasteiger charge is -2.29. The first-order valence-corrected chi connectivity index (χ1v) is 10.9. The Labute approximate surface area is 196 Å².